The molecule has 6 nitrogen and oxygen atoms in total. The molecule has 2 aromatic heterocycles. The van der Waals surface area contributed by atoms with Crippen molar-refractivity contribution in [2.24, 2.45) is 0 Å². The van der Waals surface area contributed by atoms with E-state index in [2.05, 4.69) is 37.1 Å². The van der Waals surface area contributed by atoms with Crippen LogP contribution < -0.4 is 0 Å². The summed E-state index contributed by atoms with van der Waals surface area (Å²) < 4.78 is 7.81. The molecule has 0 aliphatic carbocycles. The van der Waals surface area contributed by atoms with Gasteiger partial charge in [0.05, 0.1) is 12.3 Å². The third kappa shape index (κ3) is 4.68. The second kappa shape index (κ2) is 8.80. The summed E-state index contributed by atoms with van der Waals surface area (Å²) in [4.78, 5) is 0. The zero-order valence-corrected chi connectivity index (χ0v) is 17.7. The molecule has 4 aromatic rings. The van der Waals surface area contributed by atoms with Gasteiger partial charge in [-0.1, -0.05) is 67.5 Å². The van der Waals surface area contributed by atoms with Crippen molar-refractivity contribution in [3.63, 3.8) is 0 Å². The lowest BCUT2D eigenvalue weighted by Crippen LogP contribution is -2.04. The van der Waals surface area contributed by atoms with Crippen LogP contribution >= 0.6 is 23.4 Å². The van der Waals surface area contributed by atoms with E-state index >= 15 is 0 Å². The summed E-state index contributed by atoms with van der Waals surface area (Å²) in [5.41, 5.74) is 2.13. The van der Waals surface area contributed by atoms with Crippen LogP contribution in [0.4, 0.5) is 0 Å². The van der Waals surface area contributed by atoms with E-state index in [-0.39, 0.29) is 5.92 Å². The second-order valence-electron chi connectivity index (χ2n) is 6.86. The Balaban J connectivity index is 1.62. The van der Waals surface area contributed by atoms with Crippen molar-refractivity contribution < 1.29 is 4.42 Å². The predicted octanol–water partition coefficient (Wildman–Crippen LogP) is 5.45. The van der Waals surface area contributed by atoms with Crippen LogP contribution in [-0.2, 0) is 12.3 Å². The van der Waals surface area contributed by atoms with Gasteiger partial charge in [0, 0.05) is 16.5 Å². The quantitative estimate of drug-likeness (QED) is 0.367. The Morgan fingerprint density at radius 2 is 1.72 bits per heavy atom. The Kier molecular flexibility index (Phi) is 5.97. The van der Waals surface area contributed by atoms with Crippen molar-refractivity contribution in [3.8, 4) is 11.4 Å². The number of thioether (sulfide) groups is 1. The van der Waals surface area contributed by atoms with Gasteiger partial charge in [-0.15, -0.1) is 20.4 Å². The molecule has 148 valence electrons. The Bertz CT molecular complexity index is 1080. The summed E-state index contributed by atoms with van der Waals surface area (Å²) in [6, 6.07) is 17.9. The van der Waals surface area contributed by atoms with Gasteiger partial charge in [0.15, 0.2) is 11.0 Å². The molecule has 0 saturated carbocycles. The molecule has 0 N–H and O–H groups in total. The van der Waals surface area contributed by atoms with Gasteiger partial charge in [-0.3, -0.25) is 4.57 Å². The number of hydrogen-bond acceptors (Lipinski definition) is 6. The molecule has 0 aliphatic heterocycles. The number of aromatic nitrogens is 5. The number of halogens is 1. The van der Waals surface area contributed by atoms with Crippen molar-refractivity contribution in [1.82, 2.24) is 25.0 Å². The number of rotatable bonds is 7. The van der Waals surface area contributed by atoms with Gasteiger partial charge in [-0.05, 0) is 29.8 Å². The molecule has 2 heterocycles. The van der Waals surface area contributed by atoms with E-state index in [4.69, 9.17) is 16.0 Å². The second-order valence-corrected chi connectivity index (χ2v) is 8.24. The fourth-order valence-corrected chi connectivity index (χ4v) is 3.70. The lowest BCUT2D eigenvalue weighted by Gasteiger charge is -2.10. The first-order valence-electron chi connectivity index (χ1n) is 9.28. The van der Waals surface area contributed by atoms with Crippen LogP contribution in [0.5, 0.6) is 0 Å². The average molecular weight is 426 g/mol. The van der Waals surface area contributed by atoms with E-state index in [1.165, 1.54) is 17.3 Å². The summed E-state index contributed by atoms with van der Waals surface area (Å²) in [7, 11) is 0. The molecule has 4 rings (SSSR count). The van der Waals surface area contributed by atoms with Crippen molar-refractivity contribution in [2.45, 2.75) is 37.2 Å². The highest BCUT2D eigenvalue weighted by Crippen LogP contribution is 2.28. The van der Waals surface area contributed by atoms with E-state index in [0.29, 0.717) is 29.1 Å². The highest BCUT2D eigenvalue weighted by Gasteiger charge is 2.17. The zero-order chi connectivity index (χ0) is 20.2. The molecule has 0 bridgehead atoms. The standard InChI is InChI=1S/C21H20ClN5OS/c1-14(2)20-25-23-18(28-20)13-29-21-26-24-19(16-8-10-17(22)11-9-16)27(21)12-15-6-4-3-5-7-15/h3-11,14H,12-13H2,1-2H3. The van der Waals surface area contributed by atoms with Gasteiger partial charge in [0.25, 0.3) is 0 Å². The summed E-state index contributed by atoms with van der Waals surface area (Å²) in [5.74, 6) is 2.77. The largest absolute Gasteiger partial charge is 0.424 e. The highest BCUT2D eigenvalue weighted by atomic mass is 35.5. The van der Waals surface area contributed by atoms with Crippen LogP contribution in [0, 0.1) is 0 Å². The van der Waals surface area contributed by atoms with E-state index in [1.54, 1.807) is 0 Å². The topological polar surface area (TPSA) is 69.6 Å². The van der Waals surface area contributed by atoms with Crippen LogP contribution in [0.1, 0.15) is 37.1 Å². The van der Waals surface area contributed by atoms with Crippen molar-refractivity contribution in [2.75, 3.05) is 0 Å². The minimum atomic E-state index is 0.208. The molecule has 0 saturated heterocycles. The molecule has 0 amide bonds. The molecule has 2 aromatic carbocycles. The fourth-order valence-electron chi connectivity index (χ4n) is 2.80. The smallest absolute Gasteiger partial charge is 0.226 e. The summed E-state index contributed by atoms with van der Waals surface area (Å²) >= 11 is 7.58. The van der Waals surface area contributed by atoms with E-state index < -0.39 is 0 Å². The molecule has 29 heavy (non-hydrogen) atoms. The first-order chi connectivity index (χ1) is 14.1. The number of benzene rings is 2. The van der Waals surface area contributed by atoms with E-state index in [9.17, 15) is 0 Å². The SMILES string of the molecule is CC(C)c1nnc(CSc2nnc(-c3ccc(Cl)cc3)n2Cc2ccccc2)o1. The molecule has 0 radical (unpaired) electrons. The van der Waals surface area contributed by atoms with Crippen LogP contribution in [-0.4, -0.2) is 25.0 Å². The maximum atomic E-state index is 6.05. The average Bonchev–Trinajstić information content (AvgIpc) is 3.35. The number of hydrogen-bond donors (Lipinski definition) is 0. The Morgan fingerprint density at radius 3 is 2.41 bits per heavy atom. The number of nitrogens with zero attached hydrogens (tertiary/aromatic N) is 5. The summed E-state index contributed by atoms with van der Waals surface area (Å²) in [5, 5.41) is 18.6. The first-order valence-corrected chi connectivity index (χ1v) is 10.6. The van der Waals surface area contributed by atoms with Crippen molar-refractivity contribution >= 4 is 23.4 Å². The zero-order valence-electron chi connectivity index (χ0n) is 16.1. The molecule has 0 spiro atoms. The van der Waals surface area contributed by atoms with Crippen LogP contribution in [0.3, 0.4) is 0 Å². The first kappa shape index (κ1) is 19.7. The molecule has 0 atom stereocenters. The third-order valence-corrected chi connectivity index (χ3v) is 5.51. The van der Waals surface area contributed by atoms with Gasteiger partial charge in [-0.25, -0.2) is 0 Å². The maximum Gasteiger partial charge on any atom is 0.226 e. The minimum absolute atomic E-state index is 0.208. The lowest BCUT2D eigenvalue weighted by molar-refractivity contribution is 0.445. The van der Waals surface area contributed by atoms with Crippen molar-refractivity contribution in [3.05, 3.63) is 77.0 Å². The fraction of sp³-hybridized carbons (Fsp3) is 0.238. The van der Waals surface area contributed by atoms with E-state index in [0.717, 1.165) is 16.5 Å². The molecule has 0 unspecified atom stereocenters. The van der Waals surface area contributed by atoms with Gasteiger partial charge < -0.3 is 4.42 Å². The Labute approximate surface area is 178 Å². The monoisotopic (exact) mass is 425 g/mol. The Morgan fingerprint density at radius 1 is 0.966 bits per heavy atom. The lowest BCUT2D eigenvalue weighted by atomic mass is 10.2. The van der Waals surface area contributed by atoms with Crippen LogP contribution in [0.2, 0.25) is 5.02 Å². The maximum absolute atomic E-state index is 6.05. The molecule has 0 aliphatic rings. The summed E-state index contributed by atoms with van der Waals surface area (Å²) in [6.45, 7) is 4.72. The predicted molar refractivity (Wildman–Crippen MR) is 114 cm³/mol. The minimum Gasteiger partial charge on any atom is -0.424 e. The molecule has 8 heteroatoms. The normalized spacial score (nSPS) is 11.3. The Hall–Kier alpha value is -2.64. The van der Waals surface area contributed by atoms with Crippen LogP contribution in [0.15, 0.2) is 64.2 Å². The van der Waals surface area contributed by atoms with Gasteiger partial charge in [0.2, 0.25) is 11.8 Å². The van der Waals surface area contributed by atoms with Crippen LogP contribution in [0.25, 0.3) is 11.4 Å². The summed E-state index contributed by atoms with van der Waals surface area (Å²) in [6.07, 6.45) is 0. The molecular weight excluding hydrogens is 406 g/mol. The highest BCUT2D eigenvalue weighted by molar-refractivity contribution is 7.98. The molecular formula is C21H20ClN5OS. The van der Waals surface area contributed by atoms with Crippen molar-refractivity contribution in [1.29, 1.82) is 0 Å². The van der Waals surface area contributed by atoms with Gasteiger partial charge in [-0.2, -0.15) is 0 Å². The third-order valence-electron chi connectivity index (χ3n) is 4.30. The van der Waals surface area contributed by atoms with Gasteiger partial charge in [0.1, 0.15) is 0 Å². The molecule has 0 fully saturated rings. The van der Waals surface area contributed by atoms with Gasteiger partial charge >= 0.3 is 0 Å². The van der Waals surface area contributed by atoms with E-state index in [1.807, 2.05) is 56.3 Å².